The first-order valence-electron chi connectivity index (χ1n) is 6.11. The van der Waals surface area contributed by atoms with Crippen molar-refractivity contribution in [3.05, 3.63) is 18.1 Å². The van der Waals surface area contributed by atoms with Crippen LogP contribution in [0.1, 0.15) is 25.0 Å². The number of hydrogen-bond acceptors (Lipinski definition) is 4. The van der Waals surface area contributed by atoms with Crippen molar-refractivity contribution < 1.29 is 0 Å². The molecule has 3 heterocycles. The Morgan fingerprint density at radius 1 is 1.19 bits per heavy atom. The maximum atomic E-state index is 4.46. The second-order valence-corrected chi connectivity index (χ2v) is 4.84. The number of fused-ring (bicyclic) bond motifs is 2. The van der Waals surface area contributed by atoms with Gasteiger partial charge in [-0.15, -0.1) is 0 Å². The molecule has 2 bridgehead atoms. The van der Waals surface area contributed by atoms with Crippen LogP contribution >= 0.6 is 0 Å². The molecule has 4 heteroatoms. The summed E-state index contributed by atoms with van der Waals surface area (Å²) in [7, 11) is 0. The summed E-state index contributed by atoms with van der Waals surface area (Å²) >= 11 is 0. The first-order chi connectivity index (χ1) is 7.83. The lowest BCUT2D eigenvalue weighted by atomic mass is 10.1. The van der Waals surface area contributed by atoms with E-state index in [4.69, 9.17) is 0 Å². The lowest BCUT2D eigenvalue weighted by Crippen LogP contribution is -2.36. The third-order valence-corrected chi connectivity index (χ3v) is 3.68. The molecule has 0 radical (unpaired) electrons. The number of hydrogen-bond donors (Lipinski definition) is 1. The van der Waals surface area contributed by atoms with E-state index in [0.29, 0.717) is 6.04 Å². The van der Waals surface area contributed by atoms with Gasteiger partial charge in [0.25, 0.3) is 0 Å². The van der Waals surface area contributed by atoms with Crippen LogP contribution in [0.4, 0.5) is 5.82 Å². The summed E-state index contributed by atoms with van der Waals surface area (Å²) in [5.74, 6) is 1.07. The van der Waals surface area contributed by atoms with E-state index in [1.54, 1.807) is 12.4 Å². The highest BCUT2D eigenvalue weighted by molar-refractivity contribution is 5.42. The zero-order chi connectivity index (χ0) is 11.0. The van der Waals surface area contributed by atoms with Crippen LogP contribution in [0.3, 0.4) is 0 Å². The quantitative estimate of drug-likeness (QED) is 0.767. The van der Waals surface area contributed by atoms with Gasteiger partial charge >= 0.3 is 0 Å². The highest BCUT2D eigenvalue weighted by Gasteiger charge is 2.30. The van der Waals surface area contributed by atoms with Crippen LogP contribution in [-0.2, 0) is 0 Å². The molecular weight excluding hydrogens is 200 g/mol. The Morgan fingerprint density at radius 2 is 2.00 bits per heavy atom. The Kier molecular flexibility index (Phi) is 2.52. The Balaban J connectivity index is 1.82. The number of anilines is 1. The Bertz CT molecular complexity index is 379. The van der Waals surface area contributed by atoms with Crippen LogP contribution in [0.5, 0.6) is 0 Å². The normalized spacial score (nSPS) is 29.2. The number of nitrogens with one attached hydrogen (secondary N) is 1. The summed E-state index contributed by atoms with van der Waals surface area (Å²) in [6, 6.07) is 1.38. The second kappa shape index (κ2) is 4.01. The van der Waals surface area contributed by atoms with E-state index in [2.05, 4.69) is 20.2 Å². The van der Waals surface area contributed by atoms with Crippen molar-refractivity contribution in [2.75, 3.05) is 18.0 Å². The van der Waals surface area contributed by atoms with Gasteiger partial charge in [0.2, 0.25) is 0 Å². The molecule has 2 aliphatic heterocycles. The van der Waals surface area contributed by atoms with Crippen LogP contribution in [0, 0.1) is 6.92 Å². The van der Waals surface area contributed by atoms with Crippen molar-refractivity contribution in [2.24, 2.45) is 0 Å². The molecule has 0 amide bonds. The monoisotopic (exact) mass is 218 g/mol. The minimum atomic E-state index is 0.647. The average Bonchev–Trinajstić information content (AvgIpc) is 2.60. The molecule has 2 atom stereocenters. The molecular formula is C12H18N4. The zero-order valence-electron chi connectivity index (χ0n) is 9.69. The number of nitrogens with zero attached hydrogens (tertiary/aromatic N) is 3. The maximum absolute atomic E-state index is 4.46. The first-order valence-corrected chi connectivity index (χ1v) is 6.11. The fraction of sp³-hybridized carbons (Fsp3) is 0.667. The minimum Gasteiger partial charge on any atom is -0.353 e. The summed E-state index contributed by atoms with van der Waals surface area (Å²) in [5, 5.41) is 3.68. The number of rotatable bonds is 1. The molecule has 0 spiro atoms. The zero-order valence-corrected chi connectivity index (χ0v) is 9.69. The van der Waals surface area contributed by atoms with Crippen molar-refractivity contribution in [2.45, 2.75) is 38.3 Å². The molecule has 86 valence electrons. The highest BCUT2D eigenvalue weighted by Crippen LogP contribution is 2.24. The molecule has 3 rings (SSSR count). The molecule has 2 saturated heterocycles. The van der Waals surface area contributed by atoms with Crippen LogP contribution < -0.4 is 10.2 Å². The summed E-state index contributed by atoms with van der Waals surface area (Å²) < 4.78 is 0. The van der Waals surface area contributed by atoms with Crippen molar-refractivity contribution in [3.8, 4) is 0 Å². The van der Waals surface area contributed by atoms with Gasteiger partial charge in [-0.3, -0.25) is 4.98 Å². The van der Waals surface area contributed by atoms with Crippen LogP contribution in [0.25, 0.3) is 0 Å². The predicted octanol–water partition coefficient (Wildman–Crippen LogP) is 1.12. The van der Waals surface area contributed by atoms with Gasteiger partial charge in [0, 0.05) is 37.6 Å². The third-order valence-electron chi connectivity index (χ3n) is 3.68. The summed E-state index contributed by atoms with van der Waals surface area (Å²) in [6.07, 6.45) is 7.44. The van der Waals surface area contributed by atoms with E-state index in [1.807, 2.05) is 6.92 Å². The molecule has 2 aliphatic rings. The van der Waals surface area contributed by atoms with E-state index < -0.39 is 0 Å². The summed E-state index contributed by atoms with van der Waals surface area (Å²) in [5.41, 5.74) is 1.04. The van der Waals surface area contributed by atoms with Crippen molar-refractivity contribution in [3.63, 3.8) is 0 Å². The topological polar surface area (TPSA) is 41.1 Å². The molecule has 1 aromatic heterocycles. The molecule has 0 saturated carbocycles. The third kappa shape index (κ3) is 1.78. The first kappa shape index (κ1) is 10.0. The molecule has 16 heavy (non-hydrogen) atoms. The van der Waals surface area contributed by atoms with E-state index in [9.17, 15) is 0 Å². The van der Waals surface area contributed by atoms with Crippen LogP contribution in [-0.4, -0.2) is 35.1 Å². The number of aryl methyl sites for hydroxylation is 1. The lowest BCUT2D eigenvalue weighted by molar-refractivity contribution is 0.563. The lowest BCUT2D eigenvalue weighted by Gasteiger charge is -2.25. The fourth-order valence-electron chi connectivity index (χ4n) is 2.85. The average molecular weight is 218 g/mol. The summed E-state index contributed by atoms with van der Waals surface area (Å²) in [4.78, 5) is 11.2. The van der Waals surface area contributed by atoms with Gasteiger partial charge < -0.3 is 10.2 Å². The summed E-state index contributed by atoms with van der Waals surface area (Å²) in [6.45, 7) is 4.22. The smallest absolute Gasteiger partial charge is 0.150 e. The Hall–Kier alpha value is -1.16. The van der Waals surface area contributed by atoms with Gasteiger partial charge in [0.1, 0.15) is 5.82 Å². The largest absolute Gasteiger partial charge is 0.353 e. The van der Waals surface area contributed by atoms with Gasteiger partial charge in [0.15, 0.2) is 0 Å². The van der Waals surface area contributed by atoms with Gasteiger partial charge in [-0.1, -0.05) is 0 Å². The van der Waals surface area contributed by atoms with Crippen LogP contribution in [0.15, 0.2) is 12.4 Å². The number of aromatic nitrogens is 2. The van der Waals surface area contributed by atoms with E-state index in [0.717, 1.165) is 30.6 Å². The van der Waals surface area contributed by atoms with Gasteiger partial charge in [-0.25, -0.2) is 4.98 Å². The Morgan fingerprint density at radius 3 is 2.88 bits per heavy atom. The van der Waals surface area contributed by atoms with E-state index in [1.165, 1.54) is 19.3 Å². The van der Waals surface area contributed by atoms with Crippen molar-refractivity contribution >= 4 is 5.82 Å². The molecule has 4 nitrogen and oxygen atoms in total. The molecule has 1 aromatic rings. The second-order valence-electron chi connectivity index (χ2n) is 4.84. The van der Waals surface area contributed by atoms with Crippen molar-refractivity contribution in [1.82, 2.24) is 15.3 Å². The predicted molar refractivity (Wildman–Crippen MR) is 63.5 cm³/mol. The van der Waals surface area contributed by atoms with Crippen LogP contribution in [0.2, 0.25) is 0 Å². The van der Waals surface area contributed by atoms with Crippen molar-refractivity contribution in [1.29, 1.82) is 0 Å². The standard InChI is InChI=1S/C12H18N4/c1-9-12(14-6-5-13-9)16-7-4-10-2-3-11(8-16)15-10/h5-6,10-11,15H,2-4,7-8H2,1H3. The van der Waals surface area contributed by atoms with Gasteiger partial charge in [0.05, 0.1) is 5.69 Å². The Labute approximate surface area is 96.1 Å². The molecule has 0 aliphatic carbocycles. The molecule has 1 N–H and O–H groups in total. The molecule has 2 unspecified atom stereocenters. The van der Waals surface area contributed by atoms with Gasteiger partial charge in [-0.2, -0.15) is 0 Å². The maximum Gasteiger partial charge on any atom is 0.150 e. The molecule has 0 aromatic carbocycles. The van der Waals surface area contributed by atoms with E-state index in [-0.39, 0.29) is 0 Å². The minimum absolute atomic E-state index is 0.647. The molecule has 2 fully saturated rings. The van der Waals surface area contributed by atoms with Gasteiger partial charge in [-0.05, 0) is 26.2 Å². The SMILES string of the molecule is Cc1nccnc1N1CCC2CCC(C1)N2. The van der Waals surface area contributed by atoms with E-state index >= 15 is 0 Å². The fourth-order valence-corrected chi connectivity index (χ4v) is 2.85. The highest BCUT2D eigenvalue weighted by atomic mass is 15.2.